The van der Waals surface area contributed by atoms with Gasteiger partial charge in [-0.15, -0.1) is 0 Å². The summed E-state index contributed by atoms with van der Waals surface area (Å²) in [6.45, 7) is 2.68. The van der Waals surface area contributed by atoms with E-state index < -0.39 is 36.4 Å². The summed E-state index contributed by atoms with van der Waals surface area (Å²) in [6.07, 6.45) is -0.205. The molecule has 2 aromatic carbocycles. The van der Waals surface area contributed by atoms with Gasteiger partial charge in [0.1, 0.15) is 11.5 Å². The molecule has 14 heteroatoms. The highest BCUT2D eigenvalue weighted by Crippen LogP contribution is 2.36. The Bertz CT molecular complexity index is 1150. The Morgan fingerprint density at radius 2 is 1.26 bits per heavy atom. The number of aliphatic hydroxyl groups is 1. The molecule has 0 saturated heterocycles. The van der Waals surface area contributed by atoms with E-state index in [1.165, 1.54) is 0 Å². The number of nitrogens with zero attached hydrogens (tertiary/aromatic N) is 1. The Kier molecular flexibility index (Phi) is 11.4. The summed E-state index contributed by atoms with van der Waals surface area (Å²) in [5.41, 5.74) is -2.74. The molecule has 0 aromatic heterocycles. The van der Waals surface area contributed by atoms with Crippen molar-refractivity contribution in [3.63, 3.8) is 0 Å². The Morgan fingerprint density at radius 3 is 1.67 bits per heavy atom. The van der Waals surface area contributed by atoms with Gasteiger partial charge in [-0.1, -0.05) is 0 Å². The lowest BCUT2D eigenvalue weighted by molar-refractivity contribution is -0.170. The standard InChI is InChI=1S/C22H27NO6.C6H8O7/c1-23(2)9-3-4-16(12-24-17-5-7-19-21(10-17)28-14-26-19)13-25-18-6-8-20-22(11-18)29-15-27-20;7-3(8)1-6(13,5(11)12)2-4(9)10/h5-8,10-11,16H,3-4,9,12-15H2,1-2H3;13H,1-2H2,(H,7,8)(H,9,10)(H,11,12). The lowest BCUT2D eigenvalue weighted by atomic mass is 9.96. The minimum absolute atomic E-state index is 0.255. The summed E-state index contributed by atoms with van der Waals surface area (Å²) in [4.78, 5) is 32.7. The predicted molar refractivity (Wildman–Crippen MR) is 144 cm³/mol. The van der Waals surface area contributed by atoms with Crippen LogP contribution in [0.3, 0.4) is 0 Å². The highest BCUT2D eigenvalue weighted by atomic mass is 16.7. The first-order chi connectivity index (χ1) is 19.9. The van der Waals surface area contributed by atoms with Crippen molar-refractivity contribution in [3.05, 3.63) is 36.4 Å². The minimum atomic E-state index is -2.74. The molecule has 42 heavy (non-hydrogen) atoms. The van der Waals surface area contributed by atoms with Crippen molar-refractivity contribution in [1.82, 2.24) is 4.90 Å². The van der Waals surface area contributed by atoms with Gasteiger partial charge in [0.15, 0.2) is 28.6 Å². The minimum Gasteiger partial charge on any atom is -0.493 e. The summed E-state index contributed by atoms with van der Waals surface area (Å²) >= 11 is 0. The van der Waals surface area contributed by atoms with Gasteiger partial charge in [0, 0.05) is 18.1 Å². The van der Waals surface area contributed by atoms with E-state index >= 15 is 0 Å². The Balaban J connectivity index is 0.000000316. The van der Waals surface area contributed by atoms with E-state index in [1.54, 1.807) is 0 Å². The number of ether oxygens (including phenoxy) is 6. The topological polar surface area (TPSA) is 191 Å². The molecule has 2 aliphatic heterocycles. The van der Waals surface area contributed by atoms with Crippen LogP contribution in [0.4, 0.5) is 0 Å². The number of aliphatic carboxylic acids is 3. The number of carboxylic acids is 3. The van der Waals surface area contributed by atoms with Crippen LogP contribution in [0.25, 0.3) is 0 Å². The van der Waals surface area contributed by atoms with Gasteiger partial charge >= 0.3 is 17.9 Å². The van der Waals surface area contributed by atoms with Gasteiger partial charge in [-0.2, -0.15) is 0 Å². The fourth-order valence-corrected chi connectivity index (χ4v) is 3.99. The van der Waals surface area contributed by atoms with E-state index in [2.05, 4.69) is 19.0 Å². The third-order valence-corrected chi connectivity index (χ3v) is 6.16. The quantitative estimate of drug-likeness (QED) is 0.235. The van der Waals surface area contributed by atoms with Crippen molar-refractivity contribution in [1.29, 1.82) is 0 Å². The average Bonchev–Trinajstić information content (AvgIpc) is 3.57. The highest BCUT2D eigenvalue weighted by molar-refractivity contribution is 5.88. The zero-order chi connectivity index (χ0) is 30.7. The Labute approximate surface area is 241 Å². The molecule has 2 aromatic rings. The fraction of sp³-hybridized carbons (Fsp3) is 0.464. The molecule has 4 rings (SSSR count). The van der Waals surface area contributed by atoms with E-state index in [1.807, 2.05) is 36.4 Å². The molecular formula is C28H35NO13. The van der Waals surface area contributed by atoms with E-state index in [0.717, 1.165) is 53.9 Å². The Hall–Kier alpha value is -4.43. The first-order valence-electron chi connectivity index (χ1n) is 13.0. The highest BCUT2D eigenvalue weighted by Gasteiger charge is 2.40. The normalized spacial score (nSPS) is 13.0. The van der Waals surface area contributed by atoms with Gasteiger partial charge in [-0.3, -0.25) is 9.59 Å². The van der Waals surface area contributed by atoms with Crippen molar-refractivity contribution < 1.29 is 63.2 Å². The smallest absolute Gasteiger partial charge is 0.336 e. The summed E-state index contributed by atoms with van der Waals surface area (Å²) in [6, 6.07) is 11.3. The van der Waals surface area contributed by atoms with Crippen molar-refractivity contribution in [2.75, 3.05) is 47.4 Å². The average molecular weight is 594 g/mol. The monoisotopic (exact) mass is 593 g/mol. The van der Waals surface area contributed by atoms with Gasteiger partial charge in [-0.25, -0.2) is 4.79 Å². The second-order valence-corrected chi connectivity index (χ2v) is 9.94. The third-order valence-electron chi connectivity index (χ3n) is 6.16. The van der Waals surface area contributed by atoms with Crippen molar-refractivity contribution in [2.24, 2.45) is 5.92 Å². The largest absolute Gasteiger partial charge is 0.493 e. The summed E-state index contributed by atoms with van der Waals surface area (Å²) in [5, 5.41) is 33.8. The van der Waals surface area contributed by atoms with Crippen LogP contribution in [0.5, 0.6) is 34.5 Å². The molecule has 0 bridgehead atoms. The van der Waals surface area contributed by atoms with E-state index in [0.29, 0.717) is 13.2 Å². The second kappa shape index (κ2) is 15.0. The van der Waals surface area contributed by atoms with Crippen LogP contribution in [0, 0.1) is 5.92 Å². The number of hydrogen-bond donors (Lipinski definition) is 4. The second-order valence-electron chi connectivity index (χ2n) is 9.94. The maximum atomic E-state index is 10.3. The lowest BCUT2D eigenvalue weighted by Crippen LogP contribution is -2.42. The molecule has 4 N–H and O–H groups in total. The third kappa shape index (κ3) is 9.89. The van der Waals surface area contributed by atoms with Crippen LogP contribution in [-0.4, -0.2) is 96.3 Å². The first kappa shape index (κ1) is 32.1. The fourth-order valence-electron chi connectivity index (χ4n) is 3.99. The SMILES string of the molecule is CN(C)CCCC(COc1ccc2c(c1)OCO2)COc1ccc2c(c1)OCO2.O=C(O)CC(O)(CC(=O)O)C(=O)O. The molecule has 0 radical (unpaired) electrons. The molecule has 2 heterocycles. The van der Waals surface area contributed by atoms with Crippen molar-refractivity contribution in [3.8, 4) is 34.5 Å². The van der Waals surface area contributed by atoms with Gasteiger partial charge in [0.2, 0.25) is 13.6 Å². The van der Waals surface area contributed by atoms with Crippen LogP contribution in [0.1, 0.15) is 25.7 Å². The zero-order valence-electron chi connectivity index (χ0n) is 23.3. The molecule has 230 valence electrons. The zero-order valence-corrected chi connectivity index (χ0v) is 23.3. The summed E-state index contributed by atoms with van der Waals surface area (Å²) < 4.78 is 33.6. The van der Waals surface area contributed by atoms with Gasteiger partial charge in [0.05, 0.1) is 26.1 Å². The molecule has 0 aliphatic carbocycles. The molecule has 0 saturated carbocycles. The molecule has 0 fully saturated rings. The van der Waals surface area contributed by atoms with Crippen LogP contribution in [-0.2, 0) is 14.4 Å². The molecule has 0 amide bonds. The number of benzene rings is 2. The van der Waals surface area contributed by atoms with Crippen LogP contribution in [0.2, 0.25) is 0 Å². The van der Waals surface area contributed by atoms with Crippen LogP contribution in [0.15, 0.2) is 36.4 Å². The van der Waals surface area contributed by atoms with E-state index in [4.69, 9.17) is 48.8 Å². The van der Waals surface area contributed by atoms with Crippen LogP contribution >= 0.6 is 0 Å². The predicted octanol–water partition coefficient (Wildman–Crippen LogP) is 2.31. The van der Waals surface area contributed by atoms with Crippen molar-refractivity contribution in [2.45, 2.75) is 31.3 Å². The van der Waals surface area contributed by atoms with Gasteiger partial charge < -0.3 is 53.7 Å². The number of rotatable bonds is 15. The number of fused-ring (bicyclic) bond motifs is 2. The number of carbonyl (C=O) groups is 3. The molecule has 2 aliphatic rings. The number of carboxylic acid groups (broad SMARTS) is 3. The van der Waals surface area contributed by atoms with E-state index in [-0.39, 0.29) is 19.5 Å². The molecular weight excluding hydrogens is 558 g/mol. The lowest BCUT2D eigenvalue weighted by Gasteiger charge is -2.20. The maximum Gasteiger partial charge on any atom is 0.336 e. The summed E-state index contributed by atoms with van der Waals surface area (Å²) in [5.74, 6) is -0.256. The first-order valence-corrected chi connectivity index (χ1v) is 13.0. The molecule has 14 nitrogen and oxygen atoms in total. The van der Waals surface area contributed by atoms with Crippen molar-refractivity contribution >= 4 is 17.9 Å². The van der Waals surface area contributed by atoms with Gasteiger partial charge in [0.25, 0.3) is 0 Å². The van der Waals surface area contributed by atoms with Gasteiger partial charge in [-0.05, 0) is 57.7 Å². The molecule has 0 unspecified atom stereocenters. The maximum absolute atomic E-state index is 10.3. The molecule has 0 spiro atoms. The molecule has 0 atom stereocenters. The number of hydrogen-bond acceptors (Lipinski definition) is 11. The Morgan fingerprint density at radius 1 is 0.810 bits per heavy atom. The van der Waals surface area contributed by atoms with E-state index in [9.17, 15) is 14.4 Å². The van der Waals surface area contributed by atoms with Crippen LogP contribution < -0.4 is 28.4 Å². The summed E-state index contributed by atoms with van der Waals surface area (Å²) in [7, 11) is 4.17.